The van der Waals surface area contributed by atoms with Crippen molar-refractivity contribution < 1.29 is 23.1 Å². The monoisotopic (exact) mass is 308 g/mol. The van der Waals surface area contributed by atoms with Gasteiger partial charge in [0.15, 0.2) is 0 Å². The summed E-state index contributed by atoms with van der Waals surface area (Å²) in [7, 11) is 0. The maximum atomic E-state index is 13.9. The molecule has 2 nitrogen and oxygen atoms in total. The van der Waals surface area contributed by atoms with Crippen molar-refractivity contribution in [1.82, 2.24) is 0 Å². The first kappa shape index (κ1) is 13.6. The van der Waals surface area contributed by atoms with Crippen molar-refractivity contribution in [3.63, 3.8) is 0 Å². The second-order valence-electron chi connectivity index (χ2n) is 4.41. The highest BCUT2D eigenvalue weighted by Crippen LogP contribution is 2.37. The van der Waals surface area contributed by atoms with Gasteiger partial charge in [-0.3, -0.25) is 0 Å². The van der Waals surface area contributed by atoms with Crippen LogP contribution in [-0.4, -0.2) is 11.1 Å². The number of carbonyl (C=O) groups is 1. The third kappa shape index (κ3) is 2.27. The minimum absolute atomic E-state index is 0.0186. The largest absolute Gasteiger partial charge is 0.478 e. The van der Waals surface area contributed by atoms with Gasteiger partial charge >= 0.3 is 5.97 Å². The summed E-state index contributed by atoms with van der Waals surface area (Å²) in [5, 5.41) is 10.9. The van der Waals surface area contributed by atoms with E-state index in [1.807, 2.05) is 0 Å². The van der Waals surface area contributed by atoms with Gasteiger partial charge in [0.1, 0.15) is 17.5 Å². The van der Waals surface area contributed by atoms with E-state index in [2.05, 4.69) is 0 Å². The van der Waals surface area contributed by atoms with Crippen molar-refractivity contribution in [3.05, 3.63) is 58.7 Å². The van der Waals surface area contributed by atoms with Crippen LogP contribution in [0.1, 0.15) is 10.4 Å². The number of benzene rings is 2. The smallest absolute Gasteiger partial charge is 0.335 e. The first-order chi connectivity index (χ1) is 9.97. The predicted molar refractivity (Wildman–Crippen MR) is 74.1 cm³/mol. The predicted octanol–water partition coefficient (Wildman–Crippen LogP) is 4.68. The Balaban J connectivity index is 2.30. The molecular formula is C15H7F3O2S. The van der Waals surface area contributed by atoms with Gasteiger partial charge < -0.3 is 5.11 Å². The fourth-order valence-electron chi connectivity index (χ4n) is 2.16. The van der Waals surface area contributed by atoms with E-state index in [4.69, 9.17) is 5.11 Å². The van der Waals surface area contributed by atoms with Crippen LogP contribution in [0.4, 0.5) is 13.2 Å². The SMILES string of the molecule is O=C(O)c1ccc2scc(-c3c(F)cc(F)cc3F)c2c1. The summed E-state index contributed by atoms with van der Waals surface area (Å²) in [5.41, 5.74) is -0.122. The Morgan fingerprint density at radius 1 is 1.05 bits per heavy atom. The summed E-state index contributed by atoms with van der Waals surface area (Å²) < 4.78 is 41.4. The molecule has 21 heavy (non-hydrogen) atoms. The Morgan fingerprint density at radius 3 is 2.33 bits per heavy atom. The average Bonchev–Trinajstić information content (AvgIpc) is 2.80. The van der Waals surface area contributed by atoms with Crippen molar-refractivity contribution in [2.75, 3.05) is 0 Å². The molecular weight excluding hydrogens is 301 g/mol. The van der Waals surface area contributed by atoms with E-state index < -0.39 is 23.4 Å². The van der Waals surface area contributed by atoms with E-state index in [-0.39, 0.29) is 16.7 Å². The number of hydrogen-bond acceptors (Lipinski definition) is 2. The van der Waals surface area contributed by atoms with Gasteiger partial charge in [0.2, 0.25) is 0 Å². The molecule has 0 atom stereocenters. The molecule has 0 amide bonds. The van der Waals surface area contributed by atoms with E-state index in [1.165, 1.54) is 28.8 Å². The molecule has 2 aromatic carbocycles. The summed E-state index contributed by atoms with van der Waals surface area (Å²) in [6.45, 7) is 0. The van der Waals surface area contributed by atoms with Crippen molar-refractivity contribution in [2.45, 2.75) is 0 Å². The van der Waals surface area contributed by atoms with Crippen molar-refractivity contribution >= 4 is 27.4 Å². The van der Waals surface area contributed by atoms with Crippen molar-refractivity contribution in [2.24, 2.45) is 0 Å². The topological polar surface area (TPSA) is 37.3 Å². The van der Waals surface area contributed by atoms with Crippen LogP contribution in [0.5, 0.6) is 0 Å². The Labute approximate surface area is 121 Å². The number of aromatic carboxylic acids is 1. The fourth-order valence-corrected chi connectivity index (χ4v) is 3.09. The third-order valence-corrected chi connectivity index (χ3v) is 4.06. The summed E-state index contributed by atoms with van der Waals surface area (Å²) >= 11 is 1.23. The Morgan fingerprint density at radius 2 is 1.71 bits per heavy atom. The lowest BCUT2D eigenvalue weighted by molar-refractivity contribution is 0.0697. The first-order valence-electron chi connectivity index (χ1n) is 5.87. The maximum Gasteiger partial charge on any atom is 0.335 e. The number of thiophene rings is 1. The van der Waals surface area contributed by atoms with E-state index >= 15 is 0 Å². The van der Waals surface area contributed by atoms with Gasteiger partial charge in [0, 0.05) is 33.2 Å². The molecule has 106 valence electrons. The van der Waals surface area contributed by atoms with Crippen molar-refractivity contribution in [3.8, 4) is 11.1 Å². The third-order valence-electron chi connectivity index (χ3n) is 3.10. The number of rotatable bonds is 2. The molecule has 0 bridgehead atoms. The minimum atomic E-state index is -1.13. The first-order valence-corrected chi connectivity index (χ1v) is 6.75. The normalized spacial score (nSPS) is 11.0. The van der Waals surface area contributed by atoms with Gasteiger partial charge in [0.05, 0.1) is 11.1 Å². The van der Waals surface area contributed by atoms with E-state index in [9.17, 15) is 18.0 Å². The molecule has 0 fully saturated rings. The molecule has 1 aromatic heterocycles. The lowest BCUT2D eigenvalue weighted by Gasteiger charge is -2.05. The molecule has 0 saturated heterocycles. The van der Waals surface area contributed by atoms with E-state index in [1.54, 1.807) is 6.07 Å². The average molecular weight is 308 g/mol. The standard InChI is InChI=1S/C15H7F3O2S/c16-8-4-11(17)14(12(18)5-8)10-6-21-13-2-1-7(15(19)20)3-9(10)13/h1-6H,(H,19,20). The molecule has 0 radical (unpaired) electrons. The molecule has 3 aromatic rings. The van der Waals surface area contributed by atoms with Crippen LogP contribution in [-0.2, 0) is 0 Å². The van der Waals surface area contributed by atoms with Gasteiger partial charge in [-0.15, -0.1) is 11.3 Å². The van der Waals surface area contributed by atoms with Gasteiger partial charge in [0.25, 0.3) is 0 Å². The van der Waals surface area contributed by atoms with Crippen LogP contribution < -0.4 is 0 Å². The van der Waals surface area contributed by atoms with Crippen molar-refractivity contribution in [1.29, 1.82) is 0 Å². The molecule has 0 spiro atoms. The van der Waals surface area contributed by atoms with Crippen LogP contribution in [0.25, 0.3) is 21.2 Å². The minimum Gasteiger partial charge on any atom is -0.478 e. The lowest BCUT2D eigenvalue weighted by Crippen LogP contribution is -1.95. The van der Waals surface area contributed by atoms with Crippen LogP contribution in [0, 0.1) is 17.5 Å². The maximum absolute atomic E-state index is 13.9. The number of hydrogen-bond donors (Lipinski definition) is 1. The van der Waals surface area contributed by atoms with Gasteiger partial charge in [-0.2, -0.15) is 0 Å². The highest BCUT2D eigenvalue weighted by Gasteiger charge is 2.18. The molecule has 0 saturated carbocycles. The van der Waals surface area contributed by atoms with Gasteiger partial charge in [-0.25, -0.2) is 18.0 Å². The van der Waals surface area contributed by atoms with Gasteiger partial charge in [-0.1, -0.05) is 0 Å². The number of carboxylic acids is 1. The highest BCUT2D eigenvalue weighted by atomic mass is 32.1. The summed E-state index contributed by atoms with van der Waals surface area (Å²) in [6, 6.07) is 5.55. The Kier molecular flexibility index (Phi) is 3.17. The van der Waals surface area contributed by atoms with E-state index in [0.29, 0.717) is 22.2 Å². The van der Waals surface area contributed by atoms with Crippen LogP contribution in [0.2, 0.25) is 0 Å². The Hall–Kier alpha value is -2.34. The van der Waals surface area contributed by atoms with Gasteiger partial charge in [-0.05, 0) is 18.2 Å². The van der Waals surface area contributed by atoms with Crippen LogP contribution in [0.15, 0.2) is 35.7 Å². The zero-order valence-electron chi connectivity index (χ0n) is 10.4. The Bertz CT molecular complexity index is 847. The molecule has 1 N–H and O–H groups in total. The second-order valence-corrected chi connectivity index (χ2v) is 5.32. The quantitative estimate of drug-likeness (QED) is 0.746. The summed E-state index contributed by atoms with van der Waals surface area (Å²) in [6.07, 6.45) is 0. The van der Waals surface area contributed by atoms with E-state index in [0.717, 1.165) is 0 Å². The zero-order valence-corrected chi connectivity index (χ0v) is 11.2. The molecule has 0 unspecified atom stereocenters. The lowest BCUT2D eigenvalue weighted by atomic mass is 10.0. The number of fused-ring (bicyclic) bond motifs is 1. The van der Waals surface area contributed by atoms with Crippen LogP contribution in [0.3, 0.4) is 0 Å². The molecule has 1 heterocycles. The number of halogens is 3. The number of carboxylic acid groups (broad SMARTS) is 1. The summed E-state index contributed by atoms with van der Waals surface area (Å²) in [5.74, 6) is -4.17. The molecule has 3 rings (SSSR count). The molecule has 0 aliphatic heterocycles. The molecule has 0 aliphatic rings. The molecule has 0 aliphatic carbocycles. The summed E-state index contributed by atoms with van der Waals surface area (Å²) in [4.78, 5) is 11.0. The zero-order chi connectivity index (χ0) is 15.1. The fraction of sp³-hybridized carbons (Fsp3) is 0. The highest BCUT2D eigenvalue weighted by molar-refractivity contribution is 7.17. The van der Waals surface area contributed by atoms with Crippen LogP contribution >= 0.6 is 11.3 Å². The molecule has 6 heteroatoms. The second kappa shape index (κ2) is 4.89.